The van der Waals surface area contributed by atoms with Gasteiger partial charge < -0.3 is 20.6 Å². The van der Waals surface area contributed by atoms with Crippen LogP contribution in [-0.2, 0) is 14.8 Å². The number of carboxylic acid groups (broad SMARTS) is 1. The molecule has 38 heavy (non-hydrogen) atoms. The van der Waals surface area contributed by atoms with Crippen molar-refractivity contribution in [1.29, 1.82) is 0 Å². The smallest absolute Gasteiger partial charge is 0.475 e. The van der Waals surface area contributed by atoms with Crippen molar-refractivity contribution in [1.82, 2.24) is 15.6 Å². The molecule has 1 aromatic heterocycles. The van der Waals surface area contributed by atoms with E-state index in [0.717, 1.165) is 44.6 Å². The Kier molecular flexibility index (Phi) is 10.9. The van der Waals surface area contributed by atoms with Crippen LogP contribution in [0.2, 0.25) is 0 Å². The Bertz CT molecular complexity index is 1230. The van der Waals surface area contributed by atoms with Gasteiger partial charge in [0, 0.05) is 32.7 Å². The Balaban J connectivity index is 0.000000638. The second kappa shape index (κ2) is 13.4. The number of nitrogens with one attached hydrogen (secondary N) is 3. The van der Waals surface area contributed by atoms with Gasteiger partial charge in [0.1, 0.15) is 5.82 Å². The van der Waals surface area contributed by atoms with E-state index in [2.05, 4.69) is 27.3 Å². The molecular formula is C24H32F3N5O5S. The summed E-state index contributed by atoms with van der Waals surface area (Å²) in [5.41, 5.74) is 2.29. The average Bonchev–Trinajstić information content (AvgIpc) is 2.84. The third-order valence-electron chi connectivity index (χ3n) is 5.46. The van der Waals surface area contributed by atoms with E-state index in [4.69, 9.17) is 9.90 Å². The first kappa shape index (κ1) is 30.8. The SMILES string of the molecule is CCCCNC(=O)c1cc(NS(=O)(=O)c2ccc(C)cc2C)cnc1N1CCNCC1.O=C(O)C(F)(F)F. The van der Waals surface area contributed by atoms with E-state index in [1.807, 2.05) is 17.9 Å². The van der Waals surface area contributed by atoms with Crippen molar-refractivity contribution in [2.45, 2.75) is 44.7 Å². The summed E-state index contributed by atoms with van der Waals surface area (Å²) in [4.78, 5) is 28.5. The summed E-state index contributed by atoms with van der Waals surface area (Å²) in [5, 5.41) is 13.3. The first-order valence-electron chi connectivity index (χ1n) is 11.9. The number of piperazine rings is 1. The number of pyridine rings is 1. The predicted molar refractivity (Wildman–Crippen MR) is 137 cm³/mol. The van der Waals surface area contributed by atoms with Crippen molar-refractivity contribution in [3.63, 3.8) is 0 Å². The lowest BCUT2D eigenvalue weighted by Crippen LogP contribution is -2.44. The molecule has 3 rings (SSSR count). The van der Waals surface area contributed by atoms with E-state index in [-0.39, 0.29) is 16.5 Å². The van der Waals surface area contributed by atoms with Crippen LogP contribution in [-0.4, -0.2) is 69.3 Å². The first-order chi connectivity index (χ1) is 17.8. The van der Waals surface area contributed by atoms with Crippen molar-refractivity contribution >= 4 is 33.4 Å². The predicted octanol–water partition coefficient (Wildman–Crippen LogP) is 3.07. The Morgan fingerprint density at radius 2 is 1.79 bits per heavy atom. The minimum absolute atomic E-state index is 0.207. The lowest BCUT2D eigenvalue weighted by atomic mass is 10.2. The molecule has 0 saturated carbocycles. The van der Waals surface area contributed by atoms with Gasteiger partial charge in [-0.2, -0.15) is 13.2 Å². The van der Waals surface area contributed by atoms with Gasteiger partial charge in [-0.15, -0.1) is 0 Å². The lowest BCUT2D eigenvalue weighted by Gasteiger charge is -2.30. The van der Waals surface area contributed by atoms with Gasteiger partial charge >= 0.3 is 12.1 Å². The fraction of sp³-hybridized carbons (Fsp3) is 0.458. The number of aliphatic carboxylic acids is 1. The van der Waals surface area contributed by atoms with Gasteiger partial charge in [-0.25, -0.2) is 18.2 Å². The van der Waals surface area contributed by atoms with Crippen LogP contribution in [0.3, 0.4) is 0 Å². The van der Waals surface area contributed by atoms with Crippen LogP contribution < -0.4 is 20.3 Å². The number of rotatable bonds is 8. The molecule has 2 heterocycles. The number of benzene rings is 1. The molecule has 0 aliphatic carbocycles. The molecule has 0 spiro atoms. The summed E-state index contributed by atoms with van der Waals surface area (Å²) >= 11 is 0. The van der Waals surface area contributed by atoms with Gasteiger partial charge in [0.15, 0.2) is 0 Å². The van der Waals surface area contributed by atoms with Crippen molar-refractivity contribution in [2.75, 3.05) is 42.3 Å². The number of sulfonamides is 1. The molecule has 0 radical (unpaired) electrons. The maximum atomic E-state index is 13.0. The zero-order chi connectivity index (χ0) is 28.5. The Morgan fingerprint density at radius 3 is 2.34 bits per heavy atom. The number of aryl methyl sites for hydroxylation is 2. The minimum Gasteiger partial charge on any atom is -0.475 e. The van der Waals surface area contributed by atoms with Crippen LogP contribution in [0.1, 0.15) is 41.3 Å². The highest BCUT2D eigenvalue weighted by Gasteiger charge is 2.38. The van der Waals surface area contributed by atoms with Gasteiger partial charge in [-0.3, -0.25) is 9.52 Å². The van der Waals surface area contributed by atoms with Crippen molar-refractivity contribution in [2.24, 2.45) is 0 Å². The molecule has 0 bridgehead atoms. The van der Waals surface area contributed by atoms with Crippen LogP contribution in [0, 0.1) is 13.8 Å². The van der Waals surface area contributed by atoms with Crippen LogP contribution in [0.4, 0.5) is 24.7 Å². The average molecular weight is 560 g/mol. The quantitative estimate of drug-likeness (QED) is 0.362. The molecule has 1 fully saturated rings. The zero-order valence-corrected chi connectivity index (χ0v) is 22.2. The molecule has 0 atom stereocenters. The van der Waals surface area contributed by atoms with Gasteiger partial charge in [0.05, 0.1) is 22.3 Å². The normalized spacial score (nSPS) is 13.8. The number of unbranched alkanes of at least 4 members (excludes halogenated alkanes) is 1. The number of hydrogen-bond donors (Lipinski definition) is 4. The maximum Gasteiger partial charge on any atom is 0.490 e. The second-order valence-electron chi connectivity index (χ2n) is 8.62. The minimum atomic E-state index is -5.08. The van der Waals surface area contributed by atoms with Crippen LogP contribution in [0.5, 0.6) is 0 Å². The molecule has 10 nitrogen and oxygen atoms in total. The molecule has 4 N–H and O–H groups in total. The van der Waals surface area contributed by atoms with Crippen LogP contribution >= 0.6 is 0 Å². The summed E-state index contributed by atoms with van der Waals surface area (Å²) in [5.74, 6) is -2.43. The van der Waals surface area contributed by atoms with Gasteiger partial charge in [0.25, 0.3) is 15.9 Å². The van der Waals surface area contributed by atoms with Gasteiger partial charge in [0.2, 0.25) is 0 Å². The first-order valence-corrected chi connectivity index (χ1v) is 13.4. The summed E-state index contributed by atoms with van der Waals surface area (Å²) in [6.45, 7) is 9.38. The van der Waals surface area contributed by atoms with E-state index in [1.54, 1.807) is 25.1 Å². The molecule has 14 heteroatoms. The fourth-order valence-electron chi connectivity index (χ4n) is 3.59. The number of anilines is 2. The topological polar surface area (TPSA) is 141 Å². The summed E-state index contributed by atoms with van der Waals surface area (Å²) in [6.07, 6.45) is -1.76. The summed E-state index contributed by atoms with van der Waals surface area (Å²) in [7, 11) is -3.81. The molecule has 0 unspecified atom stereocenters. The van der Waals surface area contributed by atoms with Gasteiger partial charge in [-0.05, 0) is 38.0 Å². The zero-order valence-electron chi connectivity index (χ0n) is 21.4. The number of carbonyl (C=O) groups is 2. The molecule has 210 valence electrons. The lowest BCUT2D eigenvalue weighted by molar-refractivity contribution is -0.192. The Hall–Kier alpha value is -3.39. The van der Waals surface area contributed by atoms with Crippen molar-refractivity contribution in [3.8, 4) is 0 Å². The highest BCUT2D eigenvalue weighted by atomic mass is 32.2. The Labute approximate surface area is 219 Å². The van der Waals surface area contributed by atoms with E-state index in [9.17, 15) is 26.4 Å². The van der Waals surface area contributed by atoms with E-state index >= 15 is 0 Å². The monoisotopic (exact) mass is 559 g/mol. The fourth-order valence-corrected chi connectivity index (χ4v) is 4.86. The van der Waals surface area contributed by atoms with E-state index < -0.39 is 22.2 Å². The number of amides is 1. The van der Waals surface area contributed by atoms with E-state index in [1.165, 1.54) is 6.20 Å². The number of alkyl halides is 3. The second-order valence-corrected chi connectivity index (χ2v) is 10.3. The molecular weight excluding hydrogens is 527 g/mol. The number of nitrogens with zero attached hydrogens (tertiary/aromatic N) is 2. The maximum absolute atomic E-state index is 13.0. The third kappa shape index (κ3) is 8.87. The van der Waals surface area contributed by atoms with Crippen LogP contribution in [0.15, 0.2) is 35.4 Å². The number of halogens is 3. The number of carbonyl (C=O) groups excluding carboxylic acids is 1. The highest BCUT2D eigenvalue weighted by molar-refractivity contribution is 7.92. The summed E-state index contributed by atoms with van der Waals surface area (Å²) in [6, 6.07) is 6.76. The third-order valence-corrected chi connectivity index (χ3v) is 7.00. The number of carboxylic acids is 1. The van der Waals surface area contributed by atoms with Crippen molar-refractivity contribution < 1.29 is 36.3 Å². The standard InChI is InChI=1S/C22H31N5O3S.C2HF3O2/c1-4-5-8-24-22(28)19-14-18(15-25-21(19)27-11-9-23-10-12-27)26-31(29,30)20-7-6-16(2)13-17(20)3;3-2(4,5)1(6)7/h6-7,13-15,23,26H,4-5,8-12H2,1-3H3,(H,24,28);(H,6,7). The van der Waals surface area contributed by atoms with Crippen molar-refractivity contribution in [3.05, 3.63) is 47.2 Å². The largest absolute Gasteiger partial charge is 0.490 e. The molecule has 1 aliphatic rings. The number of aromatic nitrogens is 1. The summed E-state index contributed by atoms with van der Waals surface area (Å²) < 4.78 is 60.2. The Morgan fingerprint density at radius 1 is 1.16 bits per heavy atom. The molecule has 1 aromatic carbocycles. The molecule has 1 amide bonds. The van der Waals surface area contributed by atoms with Crippen LogP contribution in [0.25, 0.3) is 0 Å². The molecule has 1 aliphatic heterocycles. The highest BCUT2D eigenvalue weighted by Crippen LogP contribution is 2.25. The molecule has 2 aromatic rings. The molecule has 1 saturated heterocycles. The van der Waals surface area contributed by atoms with Gasteiger partial charge in [-0.1, -0.05) is 31.0 Å². The number of hydrogen-bond acceptors (Lipinski definition) is 7. The van der Waals surface area contributed by atoms with E-state index in [0.29, 0.717) is 23.5 Å².